The molecule has 0 aromatic heterocycles. The second kappa shape index (κ2) is 1.84. The molecule has 10 heavy (non-hydrogen) atoms. The predicted molar refractivity (Wildman–Crippen MR) is 36.3 cm³/mol. The number of allylic oxidation sites excluding steroid dienone is 4. The summed E-state index contributed by atoms with van der Waals surface area (Å²) in [6, 6.07) is 0. The Bertz CT molecular complexity index is 269. The first-order chi connectivity index (χ1) is 4.88. The van der Waals surface area contributed by atoms with Crippen molar-refractivity contribution in [1.82, 2.24) is 0 Å². The van der Waals surface area contributed by atoms with Gasteiger partial charge in [0.15, 0.2) is 5.78 Å². The van der Waals surface area contributed by atoms with Gasteiger partial charge in [-0.25, -0.2) is 0 Å². The van der Waals surface area contributed by atoms with Gasteiger partial charge < -0.3 is 4.74 Å². The van der Waals surface area contributed by atoms with Crippen molar-refractivity contribution < 1.29 is 9.53 Å². The lowest BCUT2D eigenvalue weighted by Gasteiger charge is -2.07. The normalized spacial score (nSPS) is 21.4. The summed E-state index contributed by atoms with van der Waals surface area (Å²) in [5, 5.41) is 0. The standard InChI is InChI=1S/C8H6O2/c9-8-2-1-6-3-4-10-5-7(6)8/h1-4H,5H2. The highest BCUT2D eigenvalue weighted by molar-refractivity contribution is 6.08. The predicted octanol–water partition coefficient (Wildman–Crippen LogP) is 0.966. The number of ketones is 1. The van der Waals surface area contributed by atoms with Gasteiger partial charge in [0.1, 0.15) is 6.61 Å². The van der Waals surface area contributed by atoms with Crippen LogP contribution >= 0.6 is 0 Å². The average molecular weight is 134 g/mol. The van der Waals surface area contributed by atoms with E-state index in [-0.39, 0.29) is 5.78 Å². The van der Waals surface area contributed by atoms with Gasteiger partial charge in [-0.2, -0.15) is 0 Å². The molecule has 0 saturated carbocycles. The number of rotatable bonds is 0. The van der Waals surface area contributed by atoms with Crippen molar-refractivity contribution in [3.63, 3.8) is 0 Å². The van der Waals surface area contributed by atoms with E-state index in [0.717, 1.165) is 11.1 Å². The molecule has 0 N–H and O–H groups in total. The molecular formula is C8H6O2. The fourth-order valence-corrected chi connectivity index (χ4v) is 1.07. The van der Waals surface area contributed by atoms with E-state index in [9.17, 15) is 4.79 Å². The van der Waals surface area contributed by atoms with Crippen LogP contribution in [0.2, 0.25) is 0 Å². The lowest BCUT2D eigenvalue weighted by atomic mass is 10.1. The van der Waals surface area contributed by atoms with E-state index in [1.807, 2.05) is 6.08 Å². The van der Waals surface area contributed by atoms with E-state index in [0.29, 0.717) is 6.61 Å². The number of hydrogen-bond acceptors (Lipinski definition) is 2. The molecule has 0 spiro atoms. The van der Waals surface area contributed by atoms with E-state index >= 15 is 0 Å². The van der Waals surface area contributed by atoms with Gasteiger partial charge in [0.25, 0.3) is 0 Å². The quantitative estimate of drug-likeness (QED) is 0.493. The summed E-state index contributed by atoms with van der Waals surface area (Å²) in [6.45, 7) is 0.428. The highest BCUT2D eigenvalue weighted by Gasteiger charge is 2.17. The molecule has 2 heteroatoms. The van der Waals surface area contributed by atoms with E-state index in [2.05, 4.69) is 0 Å². The van der Waals surface area contributed by atoms with Crippen molar-refractivity contribution in [3.8, 4) is 0 Å². The fraction of sp³-hybridized carbons (Fsp3) is 0.125. The second-order valence-corrected chi connectivity index (χ2v) is 2.25. The molecule has 0 saturated heterocycles. The maximum Gasteiger partial charge on any atom is 0.185 e. The molecule has 0 fully saturated rings. The highest BCUT2D eigenvalue weighted by Crippen LogP contribution is 2.20. The van der Waals surface area contributed by atoms with E-state index in [1.54, 1.807) is 18.4 Å². The zero-order chi connectivity index (χ0) is 6.97. The third-order valence-corrected chi connectivity index (χ3v) is 1.63. The highest BCUT2D eigenvalue weighted by atomic mass is 16.5. The van der Waals surface area contributed by atoms with Crippen LogP contribution in [0.5, 0.6) is 0 Å². The molecule has 1 aliphatic heterocycles. The SMILES string of the molecule is O=C1C=CC2=C1COC=C2. The van der Waals surface area contributed by atoms with Crippen LogP contribution in [0.25, 0.3) is 0 Å². The Balaban J connectivity index is 2.46. The molecule has 1 aliphatic carbocycles. The molecule has 0 radical (unpaired) electrons. The molecule has 0 atom stereocenters. The van der Waals surface area contributed by atoms with Gasteiger partial charge in [0.2, 0.25) is 0 Å². The van der Waals surface area contributed by atoms with Crippen LogP contribution in [0.3, 0.4) is 0 Å². The first-order valence-corrected chi connectivity index (χ1v) is 3.11. The molecule has 2 nitrogen and oxygen atoms in total. The molecular weight excluding hydrogens is 128 g/mol. The summed E-state index contributed by atoms with van der Waals surface area (Å²) < 4.78 is 4.95. The summed E-state index contributed by atoms with van der Waals surface area (Å²) in [5.74, 6) is 0.0827. The van der Waals surface area contributed by atoms with Crippen LogP contribution in [-0.4, -0.2) is 12.4 Å². The molecule has 0 bridgehead atoms. The average Bonchev–Trinajstić information content (AvgIpc) is 2.34. The van der Waals surface area contributed by atoms with Crippen LogP contribution in [0.4, 0.5) is 0 Å². The van der Waals surface area contributed by atoms with Crippen molar-refractivity contribution in [3.05, 3.63) is 35.6 Å². The molecule has 0 aromatic rings. The van der Waals surface area contributed by atoms with Gasteiger partial charge >= 0.3 is 0 Å². The number of hydrogen-bond donors (Lipinski definition) is 0. The summed E-state index contributed by atoms with van der Waals surface area (Å²) >= 11 is 0. The Kier molecular flexibility index (Phi) is 1.01. The minimum Gasteiger partial charge on any atom is -0.496 e. The van der Waals surface area contributed by atoms with Crippen molar-refractivity contribution in [2.75, 3.05) is 6.61 Å². The lowest BCUT2D eigenvalue weighted by Crippen LogP contribution is -2.05. The van der Waals surface area contributed by atoms with Gasteiger partial charge in [-0.15, -0.1) is 0 Å². The van der Waals surface area contributed by atoms with Crippen LogP contribution in [0, 0.1) is 0 Å². The molecule has 1 heterocycles. The maximum atomic E-state index is 10.9. The van der Waals surface area contributed by atoms with Gasteiger partial charge in [0.05, 0.1) is 6.26 Å². The summed E-state index contributed by atoms with van der Waals surface area (Å²) in [4.78, 5) is 10.9. The third-order valence-electron chi connectivity index (χ3n) is 1.63. The molecule has 2 rings (SSSR count). The Morgan fingerprint density at radius 3 is 3.00 bits per heavy atom. The van der Waals surface area contributed by atoms with Gasteiger partial charge in [-0.1, -0.05) is 6.08 Å². The van der Waals surface area contributed by atoms with Crippen molar-refractivity contribution in [2.45, 2.75) is 0 Å². The summed E-state index contributed by atoms with van der Waals surface area (Å²) in [7, 11) is 0. The number of carbonyl (C=O) groups excluding carboxylic acids is 1. The van der Waals surface area contributed by atoms with E-state index < -0.39 is 0 Å². The largest absolute Gasteiger partial charge is 0.496 e. The van der Waals surface area contributed by atoms with Crippen LogP contribution < -0.4 is 0 Å². The zero-order valence-electron chi connectivity index (χ0n) is 5.33. The Morgan fingerprint density at radius 1 is 1.30 bits per heavy atom. The van der Waals surface area contributed by atoms with Gasteiger partial charge in [-0.05, 0) is 17.7 Å². The smallest absolute Gasteiger partial charge is 0.185 e. The Morgan fingerprint density at radius 2 is 2.20 bits per heavy atom. The van der Waals surface area contributed by atoms with Gasteiger partial charge in [-0.3, -0.25) is 4.79 Å². The zero-order valence-corrected chi connectivity index (χ0v) is 5.33. The fourth-order valence-electron chi connectivity index (χ4n) is 1.07. The molecule has 0 amide bonds. The van der Waals surface area contributed by atoms with E-state index in [1.165, 1.54) is 0 Å². The van der Waals surface area contributed by atoms with Crippen molar-refractivity contribution in [2.24, 2.45) is 0 Å². The molecule has 50 valence electrons. The summed E-state index contributed by atoms with van der Waals surface area (Å²) in [5.41, 5.74) is 1.78. The van der Waals surface area contributed by atoms with Gasteiger partial charge in [0, 0.05) is 5.57 Å². The summed E-state index contributed by atoms with van der Waals surface area (Å²) in [6.07, 6.45) is 6.81. The molecule has 0 aromatic carbocycles. The minimum absolute atomic E-state index is 0.0827. The first kappa shape index (κ1) is 5.47. The molecule has 2 aliphatic rings. The monoisotopic (exact) mass is 134 g/mol. The van der Waals surface area contributed by atoms with Crippen LogP contribution in [-0.2, 0) is 9.53 Å². The lowest BCUT2D eigenvalue weighted by molar-refractivity contribution is -0.111. The molecule has 0 unspecified atom stereocenters. The van der Waals surface area contributed by atoms with E-state index in [4.69, 9.17) is 4.74 Å². The number of carbonyl (C=O) groups is 1. The number of ether oxygens (including phenoxy) is 1. The Labute approximate surface area is 58.5 Å². The maximum absolute atomic E-state index is 10.9. The van der Waals surface area contributed by atoms with Crippen molar-refractivity contribution >= 4 is 5.78 Å². The van der Waals surface area contributed by atoms with Crippen LogP contribution in [0.15, 0.2) is 35.6 Å². The van der Waals surface area contributed by atoms with Crippen LogP contribution in [0.1, 0.15) is 0 Å². The Hall–Kier alpha value is -1.31. The topological polar surface area (TPSA) is 26.3 Å². The third kappa shape index (κ3) is 0.620. The minimum atomic E-state index is 0.0827. The first-order valence-electron chi connectivity index (χ1n) is 3.11. The second-order valence-electron chi connectivity index (χ2n) is 2.25. The van der Waals surface area contributed by atoms with Crippen molar-refractivity contribution in [1.29, 1.82) is 0 Å².